The van der Waals surface area contributed by atoms with Gasteiger partial charge in [-0.1, -0.05) is 24.4 Å². The van der Waals surface area contributed by atoms with Crippen molar-refractivity contribution in [3.05, 3.63) is 28.8 Å². The molecule has 19 heavy (non-hydrogen) atoms. The van der Waals surface area contributed by atoms with Gasteiger partial charge in [0.1, 0.15) is 0 Å². The van der Waals surface area contributed by atoms with Crippen molar-refractivity contribution in [1.29, 1.82) is 0 Å². The summed E-state index contributed by atoms with van der Waals surface area (Å²) in [6.45, 7) is 0.605. The third-order valence-corrected chi connectivity index (χ3v) is 4.12. The van der Waals surface area contributed by atoms with Gasteiger partial charge in [0, 0.05) is 22.7 Å². The fraction of sp³-hybridized carbons (Fsp3) is 0.500. The molecule has 1 aliphatic rings. The molecule has 0 radical (unpaired) electrons. The molecule has 0 aliphatic heterocycles. The summed E-state index contributed by atoms with van der Waals surface area (Å²) in [6, 6.07) is 4.82. The molecule has 0 saturated heterocycles. The molecule has 2 rings (SSSR count). The Hall–Kier alpha value is -1.26. The van der Waals surface area contributed by atoms with Crippen molar-refractivity contribution in [2.75, 3.05) is 18.9 Å². The van der Waals surface area contributed by atoms with E-state index >= 15 is 0 Å². The van der Waals surface area contributed by atoms with Gasteiger partial charge in [-0.15, -0.1) is 0 Å². The van der Waals surface area contributed by atoms with Gasteiger partial charge < -0.3 is 16.2 Å². The molecule has 0 atom stereocenters. The second-order valence-electron chi connectivity index (χ2n) is 5.28. The highest BCUT2D eigenvalue weighted by Gasteiger charge is 2.33. The van der Waals surface area contributed by atoms with Crippen LogP contribution in [-0.4, -0.2) is 24.2 Å². The van der Waals surface area contributed by atoms with E-state index in [1.807, 2.05) is 0 Å². The highest BCUT2D eigenvalue weighted by Crippen LogP contribution is 2.37. The summed E-state index contributed by atoms with van der Waals surface area (Å²) in [5, 5.41) is 12.9. The molecule has 0 heterocycles. The van der Waals surface area contributed by atoms with Crippen LogP contribution in [0.5, 0.6) is 0 Å². The van der Waals surface area contributed by atoms with Gasteiger partial charge in [-0.05, 0) is 31.0 Å². The van der Waals surface area contributed by atoms with Crippen LogP contribution in [0, 0.1) is 5.41 Å². The first-order valence-corrected chi connectivity index (χ1v) is 6.88. The summed E-state index contributed by atoms with van der Waals surface area (Å²) in [7, 11) is 0. The smallest absolute Gasteiger partial charge is 0.253 e. The zero-order valence-corrected chi connectivity index (χ0v) is 11.5. The third-order valence-electron chi connectivity index (χ3n) is 3.88. The lowest BCUT2D eigenvalue weighted by Crippen LogP contribution is -2.38. The number of halogens is 1. The molecule has 1 aliphatic carbocycles. The van der Waals surface area contributed by atoms with Crippen LogP contribution in [0.15, 0.2) is 18.2 Å². The van der Waals surface area contributed by atoms with Crippen LogP contribution in [0.25, 0.3) is 0 Å². The van der Waals surface area contributed by atoms with E-state index in [9.17, 15) is 9.90 Å². The number of hydrogen-bond acceptors (Lipinski definition) is 3. The number of aliphatic hydroxyl groups excluding tert-OH is 1. The Morgan fingerprint density at radius 1 is 1.42 bits per heavy atom. The first-order valence-electron chi connectivity index (χ1n) is 6.50. The summed E-state index contributed by atoms with van der Waals surface area (Å²) in [6.07, 6.45) is 4.14. The number of hydrogen-bond donors (Lipinski definition) is 3. The standard InChI is InChI=1S/C14H19ClN2O2/c15-10-3-4-11(12(16)7-10)13(19)17-8-14(9-18)5-1-2-6-14/h3-4,7,18H,1-2,5-6,8-9,16H2,(H,17,19). The Bertz CT molecular complexity index is 471. The molecule has 5 heteroatoms. The highest BCUT2D eigenvalue weighted by atomic mass is 35.5. The van der Waals surface area contributed by atoms with Crippen LogP contribution in [0.1, 0.15) is 36.0 Å². The summed E-state index contributed by atoms with van der Waals surface area (Å²) in [5.41, 5.74) is 6.42. The first kappa shape index (κ1) is 14.2. The van der Waals surface area contributed by atoms with E-state index in [2.05, 4.69) is 5.32 Å². The Morgan fingerprint density at radius 2 is 2.11 bits per heavy atom. The fourth-order valence-corrected chi connectivity index (χ4v) is 2.80. The summed E-state index contributed by atoms with van der Waals surface area (Å²) < 4.78 is 0. The molecule has 0 unspecified atom stereocenters. The number of amides is 1. The van der Waals surface area contributed by atoms with Crippen LogP contribution in [0.2, 0.25) is 5.02 Å². The average molecular weight is 283 g/mol. The first-order chi connectivity index (χ1) is 9.06. The van der Waals surface area contributed by atoms with E-state index in [0.29, 0.717) is 22.8 Å². The lowest BCUT2D eigenvalue weighted by Gasteiger charge is -2.26. The van der Waals surface area contributed by atoms with Crippen molar-refractivity contribution < 1.29 is 9.90 Å². The molecule has 1 fully saturated rings. The lowest BCUT2D eigenvalue weighted by atomic mass is 9.87. The van der Waals surface area contributed by atoms with Crippen molar-refractivity contribution >= 4 is 23.2 Å². The van der Waals surface area contributed by atoms with E-state index < -0.39 is 0 Å². The van der Waals surface area contributed by atoms with Crippen LogP contribution in [0.3, 0.4) is 0 Å². The van der Waals surface area contributed by atoms with Crippen molar-refractivity contribution in [1.82, 2.24) is 5.32 Å². The molecule has 1 aromatic carbocycles. The fourth-order valence-electron chi connectivity index (χ4n) is 2.62. The zero-order chi connectivity index (χ0) is 13.9. The monoisotopic (exact) mass is 282 g/mol. The van der Waals surface area contributed by atoms with Gasteiger partial charge in [0.2, 0.25) is 0 Å². The molecule has 1 aromatic rings. The minimum Gasteiger partial charge on any atom is -0.398 e. The molecular weight excluding hydrogens is 264 g/mol. The number of nitrogens with two attached hydrogens (primary N) is 1. The van der Waals surface area contributed by atoms with Crippen LogP contribution < -0.4 is 11.1 Å². The molecule has 104 valence electrons. The molecule has 1 saturated carbocycles. The normalized spacial score (nSPS) is 17.4. The Kier molecular flexibility index (Phi) is 4.32. The second kappa shape index (κ2) is 5.80. The lowest BCUT2D eigenvalue weighted by molar-refractivity contribution is 0.0881. The van der Waals surface area contributed by atoms with Gasteiger partial charge in [-0.2, -0.15) is 0 Å². The Balaban J connectivity index is 2.01. The number of aliphatic hydroxyl groups is 1. The maximum Gasteiger partial charge on any atom is 0.253 e. The number of carbonyl (C=O) groups is 1. The number of benzene rings is 1. The average Bonchev–Trinajstić information content (AvgIpc) is 2.85. The molecule has 0 bridgehead atoms. The number of carbonyl (C=O) groups excluding carboxylic acids is 1. The van der Waals surface area contributed by atoms with Crippen molar-refractivity contribution in [3.8, 4) is 0 Å². The van der Waals surface area contributed by atoms with Crippen molar-refractivity contribution in [3.63, 3.8) is 0 Å². The summed E-state index contributed by atoms with van der Waals surface area (Å²) in [5.74, 6) is -0.214. The number of nitrogens with one attached hydrogen (secondary N) is 1. The Morgan fingerprint density at radius 3 is 2.68 bits per heavy atom. The van der Waals surface area contributed by atoms with Crippen molar-refractivity contribution in [2.45, 2.75) is 25.7 Å². The maximum atomic E-state index is 12.1. The topological polar surface area (TPSA) is 75.4 Å². The molecule has 0 spiro atoms. The van der Waals surface area contributed by atoms with Crippen LogP contribution in [0.4, 0.5) is 5.69 Å². The summed E-state index contributed by atoms with van der Waals surface area (Å²) in [4.78, 5) is 12.1. The Labute approximate surface area is 117 Å². The third kappa shape index (κ3) is 3.19. The van der Waals surface area contributed by atoms with Crippen molar-refractivity contribution in [2.24, 2.45) is 5.41 Å². The number of nitrogen functional groups attached to an aromatic ring is 1. The van der Waals surface area contributed by atoms with Gasteiger partial charge >= 0.3 is 0 Å². The van der Waals surface area contributed by atoms with Gasteiger partial charge in [-0.25, -0.2) is 0 Å². The summed E-state index contributed by atoms with van der Waals surface area (Å²) >= 11 is 5.80. The zero-order valence-electron chi connectivity index (χ0n) is 10.8. The van der Waals surface area contributed by atoms with Gasteiger partial charge in [0.15, 0.2) is 0 Å². The minimum absolute atomic E-state index is 0.114. The molecular formula is C14H19ClN2O2. The predicted octanol–water partition coefficient (Wildman–Crippen LogP) is 2.20. The van der Waals surface area contributed by atoms with E-state index in [1.54, 1.807) is 18.2 Å². The molecule has 0 aromatic heterocycles. The van der Waals surface area contributed by atoms with Gasteiger partial charge in [-0.3, -0.25) is 4.79 Å². The van der Waals surface area contributed by atoms with Gasteiger partial charge in [0.25, 0.3) is 5.91 Å². The maximum absolute atomic E-state index is 12.1. The largest absolute Gasteiger partial charge is 0.398 e. The van der Waals surface area contributed by atoms with E-state index in [4.69, 9.17) is 17.3 Å². The van der Waals surface area contributed by atoms with E-state index in [-0.39, 0.29) is 17.9 Å². The van der Waals surface area contributed by atoms with Crippen LogP contribution >= 0.6 is 11.6 Å². The minimum atomic E-state index is -0.214. The number of rotatable bonds is 4. The van der Waals surface area contributed by atoms with E-state index in [0.717, 1.165) is 25.7 Å². The van der Waals surface area contributed by atoms with E-state index in [1.165, 1.54) is 0 Å². The SMILES string of the molecule is Nc1cc(Cl)ccc1C(=O)NCC1(CO)CCCC1. The molecule has 4 N–H and O–H groups in total. The predicted molar refractivity (Wildman–Crippen MR) is 76.2 cm³/mol. The van der Waals surface area contributed by atoms with Crippen LogP contribution in [-0.2, 0) is 0 Å². The number of anilines is 1. The second-order valence-corrected chi connectivity index (χ2v) is 5.72. The quantitative estimate of drug-likeness (QED) is 0.741. The van der Waals surface area contributed by atoms with Gasteiger partial charge in [0.05, 0.1) is 12.2 Å². The highest BCUT2D eigenvalue weighted by molar-refractivity contribution is 6.31. The molecule has 4 nitrogen and oxygen atoms in total. The molecule has 1 amide bonds.